The van der Waals surface area contributed by atoms with Crippen molar-refractivity contribution in [1.29, 1.82) is 0 Å². The van der Waals surface area contributed by atoms with Gasteiger partial charge in [0.1, 0.15) is 5.76 Å². The highest BCUT2D eigenvalue weighted by atomic mass is 16.5. The second-order valence-corrected chi connectivity index (χ2v) is 6.04. The molecule has 4 N–H and O–H groups in total. The lowest BCUT2D eigenvalue weighted by atomic mass is 9.93. The molecule has 2 heterocycles. The molecule has 0 saturated carbocycles. The van der Waals surface area contributed by atoms with E-state index >= 15 is 0 Å². The van der Waals surface area contributed by atoms with Gasteiger partial charge in [0.05, 0.1) is 13.2 Å². The van der Waals surface area contributed by atoms with Crippen LogP contribution in [0.3, 0.4) is 0 Å². The normalized spacial score (nSPS) is 20.8. The molecule has 0 aromatic heterocycles. The Morgan fingerprint density at radius 1 is 1.38 bits per heavy atom. The molecule has 128 valence electrons. The number of amides is 1. The highest BCUT2D eigenvalue weighted by molar-refractivity contribution is 5.94. The van der Waals surface area contributed by atoms with Crippen molar-refractivity contribution in [3.63, 3.8) is 0 Å². The van der Waals surface area contributed by atoms with E-state index in [0.717, 1.165) is 13.0 Å². The van der Waals surface area contributed by atoms with Crippen molar-refractivity contribution in [3.05, 3.63) is 59.0 Å². The summed E-state index contributed by atoms with van der Waals surface area (Å²) in [5.41, 5.74) is 3.10. The van der Waals surface area contributed by atoms with Crippen LogP contribution in [0.1, 0.15) is 11.1 Å². The zero-order valence-corrected chi connectivity index (χ0v) is 13.7. The number of methoxy groups -OCH3 is 1. The molecule has 2 aliphatic heterocycles. The lowest BCUT2D eigenvalue weighted by Gasteiger charge is -2.30. The molecular weight excluding hydrogens is 306 g/mol. The first kappa shape index (κ1) is 16.5. The number of aliphatic hydroxyl groups excluding tert-OH is 1. The van der Waals surface area contributed by atoms with Crippen LogP contribution in [0.4, 0.5) is 0 Å². The summed E-state index contributed by atoms with van der Waals surface area (Å²) in [6.45, 7) is 1.40. The van der Waals surface area contributed by atoms with Crippen molar-refractivity contribution >= 4 is 5.91 Å². The van der Waals surface area contributed by atoms with Crippen LogP contribution in [-0.4, -0.2) is 43.4 Å². The number of allylic oxidation sites excluding steroid dienone is 1. The zero-order chi connectivity index (χ0) is 16.9. The van der Waals surface area contributed by atoms with Gasteiger partial charge in [0, 0.05) is 37.4 Å². The number of fused-ring (bicyclic) bond motifs is 1. The van der Waals surface area contributed by atoms with Gasteiger partial charge in [-0.1, -0.05) is 24.3 Å². The molecule has 0 radical (unpaired) electrons. The van der Waals surface area contributed by atoms with E-state index < -0.39 is 6.10 Å². The number of aliphatic hydroxyl groups is 1. The minimum absolute atomic E-state index is 0.0620. The molecule has 24 heavy (non-hydrogen) atoms. The molecule has 0 fully saturated rings. The summed E-state index contributed by atoms with van der Waals surface area (Å²) in [7, 11) is 1.56. The number of hydrogen-bond acceptors (Lipinski definition) is 5. The topological polar surface area (TPSA) is 82.6 Å². The average Bonchev–Trinajstić information content (AvgIpc) is 2.65. The molecule has 2 atom stereocenters. The molecule has 0 unspecified atom stereocenters. The highest BCUT2D eigenvalue weighted by Gasteiger charge is 2.25. The van der Waals surface area contributed by atoms with E-state index in [0.29, 0.717) is 17.9 Å². The molecule has 3 rings (SSSR count). The Morgan fingerprint density at radius 3 is 2.96 bits per heavy atom. The van der Waals surface area contributed by atoms with Crippen LogP contribution in [0.5, 0.6) is 0 Å². The maximum Gasteiger partial charge on any atom is 0.249 e. The third kappa shape index (κ3) is 3.77. The minimum atomic E-state index is -0.642. The number of benzene rings is 1. The van der Waals surface area contributed by atoms with Crippen molar-refractivity contribution in [2.24, 2.45) is 0 Å². The molecule has 2 aliphatic rings. The van der Waals surface area contributed by atoms with Gasteiger partial charge in [0.2, 0.25) is 5.91 Å². The van der Waals surface area contributed by atoms with Crippen LogP contribution in [0, 0.1) is 0 Å². The summed E-state index contributed by atoms with van der Waals surface area (Å²) in [4.78, 5) is 12.2. The fourth-order valence-electron chi connectivity index (χ4n) is 2.99. The molecule has 6 nitrogen and oxygen atoms in total. The molecule has 0 bridgehead atoms. The van der Waals surface area contributed by atoms with Gasteiger partial charge in [0.15, 0.2) is 0 Å². The Balaban J connectivity index is 1.53. The molecule has 1 aromatic carbocycles. The Labute approximate surface area is 141 Å². The van der Waals surface area contributed by atoms with Gasteiger partial charge in [-0.25, -0.2) is 0 Å². The molecule has 1 aromatic rings. The highest BCUT2D eigenvalue weighted by Crippen LogP contribution is 2.17. The first-order chi connectivity index (χ1) is 11.7. The van der Waals surface area contributed by atoms with E-state index in [1.54, 1.807) is 19.4 Å². The number of carbonyl (C=O) groups excluding carboxylic acids is 1. The Bertz CT molecular complexity index is 669. The number of rotatable bonds is 5. The van der Waals surface area contributed by atoms with Crippen LogP contribution in [0.25, 0.3) is 0 Å². The van der Waals surface area contributed by atoms with Crippen molar-refractivity contribution < 1.29 is 14.6 Å². The molecule has 6 heteroatoms. The van der Waals surface area contributed by atoms with Crippen LogP contribution in [-0.2, 0) is 22.5 Å². The number of dihydropyridines is 1. The van der Waals surface area contributed by atoms with Crippen molar-refractivity contribution in [3.8, 4) is 0 Å². The summed E-state index contributed by atoms with van der Waals surface area (Å²) in [6.07, 6.45) is 3.54. The number of hydrogen-bond donors (Lipinski definition) is 4. The van der Waals surface area contributed by atoms with Crippen LogP contribution in [0.2, 0.25) is 0 Å². The van der Waals surface area contributed by atoms with E-state index in [-0.39, 0.29) is 18.5 Å². The third-order valence-electron chi connectivity index (χ3n) is 4.43. The lowest BCUT2D eigenvalue weighted by Crippen LogP contribution is -2.49. The summed E-state index contributed by atoms with van der Waals surface area (Å²) in [5, 5.41) is 19.5. The molecule has 1 amide bonds. The molecule has 0 spiro atoms. The first-order valence-corrected chi connectivity index (χ1v) is 8.12. The van der Waals surface area contributed by atoms with Crippen molar-refractivity contribution in [1.82, 2.24) is 16.0 Å². The Kier molecular flexibility index (Phi) is 5.17. The van der Waals surface area contributed by atoms with E-state index in [9.17, 15) is 9.90 Å². The van der Waals surface area contributed by atoms with Gasteiger partial charge >= 0.3 is 0 Å². The summed E-state index contributed by atoms with van der Waals surface area (Å²) < 4.78 is 5.11. The second-order valence-electron chi connectivity index (χ2n) is 6.04. The monoisotopic (exact) mass is 329 g/mol. The van der Waals surface area contributed by atoms with Crippen LogP contribution in [0.15, 0.2) is 47.9 Å². The summed E-state index contributed by atoms with van der Waals surface area (Å²) in [5.74, 6) is 0.415. The van der Waals surface area contributed by atoms with Crippen molar-refractivity contribution in [2.75, 3.05) is 20.2 Å². The summed E-state index contributed by atoms with van der Waals surface area (Å²) >= 11 is 0. The standard InChI is InChI=1S/C18H23N3O3/c1-24-15-6-14(8-19-10-15)18(23)21-11-17(22)16-7-12-4-2-3-5-13(12)9-20-16/h2-6,10,16-17,19-20,22H,7-9,11H2,1H3,(H,21,23)/t16-,17+/m0/s1. The van der Waals surface area contributed by atoms with Gasteiger partial charge < -0.3 is 25.8 Å². The first-order valence-electron chi connectivity index (χ1n) is 8.12. The van der Waals surface area contributed by atoms with Crippen molar-refractivity contribution in [2.45, 2.75) is 25.1 Å². The minimum Gasteiger partial charge on any atom is -0.495 e. The van der Waals surface area contributed by atoms with E-state index in [2.05, 4.69) is 28.1 Å². The molecule has 0 saturated heterocycles. The third-order valence-corrected chi connectivity index (χ3v) is 4.43. The second kappa shape index (κ2) is 7.51. The van der Waals surface area contributed by atoms with Gasteiger partial charge in [-0.3, -0.25) is 4.79 Å². The quantitative estimate of drug-likeness (QED) is 0.620. The molecule has 0 aliphatic carbocycles. The van der Waals surface area contributed by atoms with E-state index in [4.69, 9.17) is 4.74 Å². The fraction of sp³-hybridized carbons (Fsp3) is 0.389. The number of ether oxygens (including phenoxy) is 1. The van der Waals surface area contributed by atoms with Crippen LogP contribution >= 0.6 is 0 Å². The maximum atomic E-state index is 12.2. The van der Waals surface area contributed by atoms with Gasteiger partial charge in [-0.15, -0.1) is 0 Å². The van der Waals surface area contributed by atoms with E-state index in [1.807, 2.05) is 12.1 Å². The predicted molar refractivity (Wildman–Crippen MR) is 91.0 cm³/mol. The fourth-order valence-corrected chi connectivity index (χ4v) is 2.99. The number of carbonyl (C=O) groups is 1. The van der Waals surface area contributed by atoms with Gasteiger partial charge in [-0.05, 0) is 23.6 Å². The van der Waals surface area contributed by atoms with Gasteiger partial charge in [0.25, 0.3) is 0 Å². The average molecular weight is 329 g/mol. The number of nitrogens with one attached hydrogen (secondary N) is 3. The van der Waals surface area contributed by atoms with E-state index in [1.165, 1.54) is 11.1 Å². The lowest BCUT2D eigenvalue weighted by molar-refractivity contribution is -0.118. The molecular formula is C18H23N3O3. The Hall–Kier alpha value is -2.31. The Morgan fingerprint density at radius 2 is 2.17 bits per heavy atom. The zero-order valence-electron chi connectivity index (χ0n) is 13.7. The maximum absolute atomic E-state index is 12.2. The summed E-state index contributed by atoms with van der Waals surface area (Å²) in [6, 6.07) is 8.15. The van der Waals surface area contributed by atoms with Crippen LogP contribution < -0.4 is 16.0 Å². The van der Waals surface area contributed by atoms with Gasteiger partial charge in [-0.2, -0.15) is 0 Å². The SMILES string of the molecule is COC1=CNCC(C(=O)NC[C@@H](O)[C@@H]2Cc3ccccc3CN2)=C1. The smallest absolute Gasteiger partial charge is 0.249 e. The predicted octanol–water partition coefficient (Wildman–Crippen LogP) is 0.195. The largest absolute Gasteiger partial charge is 0.495 e.